The number of halogens is 1. The van der Waals surface area contributed by atoms with Crippen molar-refractivity contribution in [3.63, 3.8) is 0 Å². The number of hydrogen-bond acceptors (Lipinski definition) is 5. The highest BCUT2D eigenvalue weighted by atomic mass is 19.1. The third kappa shape index (κ3) is 4.17. The molecule has 2 aromatic heterocycles. The van der Waals surface area contributed by atoms with Crippen LogP contribution in [0.25, 0.3) is 11.0 Å². The zero-order chi connectivity index (χ0) is 21.1. The fraction of sp³-hybridized carbons (Fsp3) is 0.522. The van der Waals surface area contributed by atoms with Gasteiger partial charge in [-0.3, -0.25) is 9.36 Å². The first kappa shape index (κ1) is 20.7. The van der Waals surface area contributed by atoms with Crippen molar-refractivity contribution in [2.75, 3.05) is 13.1 Å². The molecule has 4 heterocycles. The van der Waals surface area contributed by atoms with Crippen LogP contribution in [-0.2, 0) is 19.4 Å². The van der Waals surface area contributed by atoms with Crippen molar-refractivity contribution in [2.45, 2.75) is 64.8 Å². The molecular weight excluding hydrogens is 383 g/mol. The van der Waals surface area contributed by atoms with E-state index in [4.69, 9.17) is 4.52 Å². The van der Waals surface area contributed by atoms with Crippen molar-refractivity contribution >= 4 is 11.0 Å². The van der Waals surface area contributed by atoms with Gasteiger partial charge in [0.05, 0.1) is 5.69 Å². The van der Waals surface area contributed by atoms with Gasteiger partial charge in [-0.05, 0) is 64.3 Å². The van der Waals surface area contributed by atoms with E-state index in [0.29, 0.717) is 11.5 Å². The third-order valence-corrected chi connectivity index (χ3v) is 6.12. The molecule has 2 aliphatic rings. The smallest absolute Gasteiger partial charge is 0.256 e. The molecule has 5 rings (SSSR count). The van der Waals surface area contributed by atoms with Crippen molar-refractivity contribution in [3.8, 4) is 0 Å². The highest BCUT2D eigenvalue weighted by Gasteiger charge is 2.21. The first-order valence-corrected chi connectivity index (χ1v) is 10.9. The van der Waals surface area contributed by atoms with Crippen molar-refractivity contribution in [3.05, 3.63) is 57.1 Å². The van der Waals surface area contributed by atoms with Crippen molar-refractivity contribution < 1.29 is 8.91 Å². The van der Waals surface area contributed by atoms with Gasteiger partial charge in [0.15, 0.2) is 5.58 Å². The summed E-state index contributed by atoms with van der Waals surface area (Å²) in [6.45, 7) is 6.84. The molecule has 30 heavy (non-hydrogen) atoms. The minimum Gasteiger partial charge on any atom is -0.356 e. The molecule has 0 amide bonds. The average molecular weight is 413 g/mol. The Hall–Kier alpha value is -2.54. The molecule has 160 valence electrons. The lowest BCUT2D eigenvalue weighted by atomic mass is 9.93. The second-order valence-electron chi connectivity index (χ2n) is 8.09. The van der Waals surface area contributed by atoms with Crippen LogP contribution in [0.4, 0.5) is 4.39 Å². The van der Waals surface area contributed by atoms with Crippen LogP contribution >= 0.6 is 0 Å². The Morgan fingerprint density at radius 3 is 2.83 bits per heavy atom. The molecule has 7 heteroatoms. The Morgan fingerprint density at radius 2 is 2.07 bits per heavy atom. The fourth-order valence-corrected chi connectivity index (χ4v) is 4.46. The predicted molar refractivity (Wildman–Crippen MR) is 114 cm³/mol. The van der Waals surface area contributed by atoms with E-state index in [1.165, 1.54) is 12.1 Å². The topological polar surface area (TPSA) is 73.0 Å². The fourth-order valence-electron chi connectivity index (χ4n) is 4.46. The first-order chi connectivity index (χ1) is 14.6. The Kier molecular flexibility index (Phi) is 6.27. The number of aryl methyl sites for hydroxylation is 2. The second-order valence-corrected chi connectivity index (χ2v) is 8.09. The van der Waals surface area contributed by atoms with Gasteiger partial charge >= 0.3 is 0 Å². The summed E-state index contributed by atoms with van der Waals surface area (Å²) in [6, 6.07) is 4.62. The molecule has 0 saturated carbocycles. The van der Waals surface area contributed by atoms with E-state index in [0.717, 1.165) is 86.3 Å². The molecule has 0 bridgehead atoms. The van der Waals surface area contributed by atoms with Crippen LogP contribution in [0.2, 0.25) is 0 Å². The molecule has 0 unspecified atom stereocenters. The second kappa shape index (κ2) is 9.08. The lowest BCUT2D eigenvalue weighted by Gasteiger charge is -2.20. The molecular formula is C23H29FN4O2. The number of aromatic nitrogens is 3. The van der Waals surface area contributed by atoms with Crippen LogP contribution in [0.5, 0.6) is 0 Å². The van der Waals surface area contributed by atoms with E-state index in [-0.39, 0.29) is 11.4 Å². The van der Waals surface area contributed by atoms with E-state index in [9.17, 15) is 9.18 Å². The number of piperidine rings is 1. The van der Waals surface area contributed by atoms with Gasteiger partial charge in [0, 0.05) is 41.6 Å². The van der Waals surface area contributed by atoms with Gasteiger partial charge in [0.2, 0.25) is 0 Å². The Bertz CT molecular complexity index is 1080. The van der Waals surface area contributed by atoms with Gasteiger partial charge in [-0.25, -0.2) is 9.37 Å². The SMILES string of the molecule is CCc1c(C)nc2n(c1=O)CCCC2.Fc1ccc2c(C3CCNCC3)noc2c1. The van der Waals surface area contributed by atoms with Gasteiger partial charge in [-0.1, -0.05) is 12.1 Å². The lowest BCUT2D eigenvalue weighted by molar-refractivity contribution is 0.403. The molecule has 0 radical (unpaired) electrons. The van der Waals surface area contributed by atoms with Gasteiger partial charge in [-0.2, -0.15) is 0 Å². The molecule has 1 saturated heterocycles. The number of nitrogens with zero attached hydrogens (tertiary/aromatic N) is 3. The van der Waals surface area contributed by atoms with Crippen LogP contribution in [0.15, 0.2) is 27.5 Å². The van der Waals surface area contributed by atoms with Crippen molar-refractivity contribution in [2.24, 2.45) is 0 Å². The van der Waals surface area contributed by atoms with Crippen LogP contribution in [0.1, 0.15) is 61.3 Å². The van der Waals surface area contributed by atoms with E-state index < -0.39 is 0 Å². The predicted octanol–water partition coefficient (Wildman–Crippen LogP) is 3.88. The summed E-state index contributed by atoms with van der Waals surface area (Å²) in [4.78, 5) is 16.5. The zero-order valence-electron chi connectivity index (χ0n) is 17.7. The van der Waals surface area contributed by atoms with Crippen LogP contribution in [-0.4, -0.2) is 27.8 Å². The van der Waals surface area contributed by atoms with Crippen molar-refractivity contribution in [1.82, 2.24) is 20.0 Å². The molecule has 1 aromatic carbocycles. The Labute approximate surface area is 175 Å². The summed E-state index contributed by atoms with van der Waals surface area (Å²) < 4.78 is 20.0. The lowest BCUT2D eigenvalue weighted by Crippen LogP contribution is -2.31. The summed E-state index contributed by atoms with van der Waals surface area (Å²) in [7, 11) is 0. The standard InChI is InChI=1S/C12H13FN2O.C11H16N2O/c13-9-1-2-10-11(7-9)16-15-12(10)8-3-5-14-6-4-8;1-3-9-8(2)12-10-6-4-5-7-13(10)11(9)14/h1-2,7-8,14H,3-6H2;3-7H2,1-2H3. The number of hydrogen-bond donors (Lipinski definition) is 1. The highest BCUT2D eigenvalue weighted by molar-refractivity contribution is 5.79. The normalized spacial score (nSPS) is 16.8. The van der Waals surface area contributed by atoms with E-state index in [2.05, 4.69) is 15.5 Å². The average Bonchev–Trinajstić information content (AvgIpc) is 3.18. The van der Waals surface area contributed by atoms with Crippen LogP contribution in [0.3, 0.4) is 0 Å². The molecule has 1 N–H and O–H groups in total. The molecule has 3 aromatic rings. The molecule has 1 fully saturated rings. The maximum atomic E-state index is 13.0. The van der Waals surface area contributed by atoms with Crippen LogP contribution in [0, 0.1) is 12.7 Å². The number of rotatable bonds is 2. The number of nitrogens with one attached hydrogen (secondary N) is 1. The summed E-state index contributed by atoms with van der Waals surface area (Å²) in [5.74, 6) is 1.14. The van der Waals surface area contributed by atoms with Crippen molar-refractivity contribution in [1.29, 1.82) is 0 Å². The van der Waals surface area contributed by atoms with Crippen LogP contribution < -0.4 is 10.9 Å². The Morgan fingerprint density at radius 1 is 1.27 bits per heavy atom. The molecule has 0 aliphatic carbocycles. The monoisotopic (exact) mass is 412 g/mol. The largest absolute Gasteiger partial charge is 0.356 e. The summed E-state index contributed by atoms with van der Waals surface area (Å²) in [5.41, 5.74) is 3.53. The molecule has 6 nitrogen and oxygen atoms in total. The minimum absolute atomic E-state index is 0.190. The van der Waals surface area contributed by atoms with E-state index >= 15 is 0 Å². The van der Waals surface area contributed by atoms with Gasteiger partial charge in [0.1, 0.15) is 11.6 Å². The first-order valence-electron chi connectivity index (χ1n) is 10.9. The van der Waals surface area contributed by atoms with E-state index in [1.54, 1.807) is 6.07 Å². The molecule has 2 aliphatic heterocycles. The molecule has 0 spiro atoms. The van der Waals surface area contributed by atoms with Gasteiger partial charge < -0.3 is 9.84 Å². The van der Waals surface area contributed by atoms with Gasteiger partial charge in [0.25, 0.3) is 5.56 Å². The maximum absolute atomic E-state index is 13.0. The summed E-state index contributed by atoms with van der Waals surface area (Å²) in [6.07, 6.45) is 6.16. The van der Waals surface area contributed by atoms with Gasteiger partial charge in [-0.15, -0.1) is 0 Å². The quantitative estimate of drug-likeness (QED) is 0.691. The Balaban J connectivity index is 0.000000147. The zero-order valence-corrected chi connectivity index (χ0v) is 17.7. The minimum atomic E-state index is -0.277. The maximum Gasteiger partial charge on any atom is 0.256 e. The number of fused-ring (bicyclic) bond motifs is 2. The number of benzene rings is 1. The summed E-state index contributed by atoms with van der Waals surface area (Å²) >= 11 is 0. The third-order valence-electron chi connectivity index (χ3n) is 6.12. The summed E-state index contributed by atoms with van der Waals surface area (Å²) in [5, 5.41) is 8.36. The highest BCUT2D eigenvalue weighted by Crippen LogP contribution is 2.30. The van der Waals surface area contributed by atoms with E-state index in [1.807, 2.05) is 18.4 Å². The molecule has 0 atom stereocenters.